The molecule has 48 heavy (non-hydrogen) atoms. The number of hydrogen-bond donors (Lipinski definition) is 0. The summed E-state index contributed by atoms with van der Waals surface area (Å²) >= 11 is 0. The molecule has 0 saturated heterocycles. The van der Waals surface area contributed by atoms with Crippen LogP contribution in [0.3, 0.4) is 0 Å². The smallest absolute Gasteiger partial charge is 0.227 e. The number of aromatic nitrogens is 4. The number of rotatable bonds is 4. The molecule has 0 aliphatic heterocycles. The average Bonchev–Trinajstić information content (AvgIpc) is 3.95. The van der Waals surface area contributed by atoms with Gasteiger partial charge in [0.25, 0.3) is 0 Å². The predicted octanol–water partition coefficient (Wildman–Crippen LogP) is 10.6. The Morgan fingerprint density at radius 3 is 0.667 bits per heavy atom. The first-order valence-corrected chi connectivity index (χ1v) is 15.4. The quantitative estimate of drug-likeness (QED) is 0.190. The van der Waals surface area contributed by atoms with E-state index in [1.165, 1.54) is 0 Å². The van der Waals surface area contributed by atoms with Gasteiger partial charge in [0.05, 0.1) is 0 Å². The maximum absolute atomic E-state index is 5.80. The second-order valence-corrected chi connectivity index (χ2v) is 11.1. The van der Waals surface area contributed by atoms with Crippen molar-refractivity contribution in [2.75, 3.05) is 0 Å². The summed E-state index contributed by atoms with van der Waals surface area (Å²) in [6, 6.07) is 46.7. The SMILES string of the molecule is c1ccc2oc(-c3ccc(-c4nc5ccccc5o4)cc3)nc2c1.c1ccc2oc(-c3ccc(-c4nc5ccccc5o4)cc3)nc2c1. The molecule has 8 heteroatoms. The van der Waals surface area contributed by atoms with Gasteiger partial charge in [-0.3, -0.25) is 0 Å². The second-order valence-electron chi connectivity index (χ2n) is 11.1. The van der Waals surface area contributed by atoms with E-state index in [2.05, 4.69) is 19.9 Å². The summed E-state index contributed by atoms with van der Waals surface area (Å²) in [5.74, 6) is 2.45. The summed E-state index contributed by atoms with van der Waals surface area (Å²) in [5, 5.41) is 0. The van der Waals surface area contributed by atoms with Gasteiger partial charge in [-0.05, 0) is 97.1 Å². The first-order chi connectivity index (χ1) is 23.7. The molecule has 228 valence electrons. The zero-order chi connectivity index (χ0) is 31.9. The molecule has 0 radical (unpaired) electrons. The molecule has 0 spiro atoms. The summed E-state index contributed by atoms with van der Waals surface area (Å²) in [7, 11) is 0. The van der Waals surface area contributed by atoms with Crippen LogP contribution in [0, 0.1) is 0 Å². The number of hydrogen-bond acceptors (Lipinski definition) is 8. The Hall–Kier alpha value is -6.80. The lowest BCUT2D eigenvalue weighted by Gasteiger charge is -1.97. The normalized spacial score (nSPS) is 11.3. The lowest BCUT2D eigenvalue weighted by Crippen LogP contribution is -1.80. The molecular formula is C40H24N4O4. The van der Waals surface area contributed by atoms with E-state index in [4.69, 9.17) is 17.7 Å². The van der Waals surface area contributed by atoms with Gasteiger partial charge in [-0.25, -0.2) is 19.9 Å². The molecule has 0 aliphatic rings. The van der Waals surface area contributed by atoms with Crippen LogP contribution in [0.4, 0.5) is 0 Å². The van der Waals surface area contributed by atoms with Crippen LogP contribution in [0.1, 0.15) is 0 Å². The Bertz CT molecular complexity index is 2180. The fraction of sp³-hybridized carbons (Fsp3) is 0. The first kappa shape index (κ1) is 27.5. The van der Waals surface area contributed by atoms with Crippen LogP contribution in [0.2, 0.25) is 0 Å². The summed E-state index contributed by atoms with van der Waals surface area (Å²) < 4.78 is 23.2. The molecule has 10 rings (SSSR count). The minimum atomic E-state index is 0.611. The summed E-state index contributed by atoms with van der Waals surface area (Å²) in [5.41, 5.74) is 10.3. The van der Waals surface area contributed by atoms with Gasteiger partial charge in [0.1, 0.15) is 22.1 Å². The molecule has 0 aliphatic carbocycles. The van der Waals surface area contributed by atoms with Crippen LogP contribution in [0.15, 0.2) is 163 Å². The Balaban J connectivity index is 0.000000131. The van der Waals surface area contributed by atoms with Gasteiger partial charge in [-0.15, -0.1) is 0 Å². The predicted molar refractivity (Wildman–Crippen MR) is 185 cm³/mol. The third-order valence-electron chi connectivity index (χ3n) is 7.93. The minimum absolute atomic E-state index is 0.611. The Morgan fingerprint density at radius 1 is 0.250 bits per heavy atom. The van der Waals surface area contributed by atoms with Crippen molar-refractivity contribution < 1.29 is 17.7 Å². The Morgan fingerprint density at radius 2 is 0.458 bits per heavy atom. The van der Waals surface area contributed by atoms with E-state index in [0.29, 0.717) is 23.6 Å². The molecule has 0 atom stereocenters. The largest absolute Gasteiger partial charge is 0.436 e. The van der Waals surface area contributed by atoms with Crippen LogP contribution < -0.4 is 0 Å². The Labute approximate surface area is 273 Å². The van der Waals surface area contributed by atoms with Gasteiger partial charge >= 0.3 is 0 Å². The van der Waals surface area contributed by atoms with Crippen molar-refractivity contribution in [3.8, 4) is 45.8 Å². The van der Waals surface area contributed by atoms with Crippen LogP contribution >= 0.6 is 0 Å². The zero-order valence-corrected chi connectivity index (χ0v) is 25.3. The highest BCUT2D eigenvalue weighted by atomic mass is 16.4. The van der Waals surface area contributed by atoms with Gasteiger partial charge in [-0.2, -0.15) is 0 Å². The van der Waals surface area contributed by atoms with Gasteiger partial charge in [0.15, 0.2) is 22.3 Å². The molecular weight excluding hydrogens is 600 g/mol. The third kappa shape index (κ3) is 5.17. The van der Waals surface area contributed by atoms with E-state index in [0.717, 1.165) is 66.7 Å². The first-order valence-electron chi connectivity index (χ1n) is 15.4. The van der Waals surface area contributed by atoms with E-state index in [1.807, 2.05) is 146 Å². The van der Waals surface area contributed by atoms with Crippen molar-refractivity contribution in [3.05, 3.63) is 146 Å². The maximum atomic E-state index is 5.80. The number of nitrogens with zero attached hydrogens (tertiary/aromatic N) is 4. The average molecular weight is 625 g/mol. The third-order valence-corrected chi connectivity index (χ3v) is 7.93. The molecule has 0 N–H and O–H groups in total. The van der Waals surface area contributed by atoms with Gasteiger partial charge in [-0.1, -0.05) is 48.5 Å². The number of oxazole rings is 4. The molecule has 4 heterocycles. The van der Waals surface area contributed by atoms with Crippen molar-refractivity contribution in [1.82, 2.24) is 19.9 Å². The molecule has 10 aromatic rings. The molecule has 4 aromatic heterocycles. The van der Waals surface area contributed by atoms with Crippen molar-refractivity contribution in [2.45, 2.75) is 0 Å². The molecule has 0 fully saturated rings. The van der Waals surface area contributed by atoms with Gasteiger partial charge in [0.2, 0.25) is 23.6 Å². The van der Waals surface area contributed by atoms with Crippen molar-refractivity contribution in [1.29, 1.82) is 0 Å². The maximum Gasteiger partial charge on any atom is 0.227 e. The summed E-state index contributed by atoms with van der Waals surface area (Å²) in [4.78, 5) is 18.1. The number of benzene rings is 6. The molecule has 0 saturated carbocycles. The molecule has 0 unspecified atom stereocenters. The van der Waals surface area contributed by atoms with E-state index < -0.39 is 0 Å². The van der Waals surface area contributed by atoms with Gasteiger partial charge in [0, 0.05) is 22.3 Å². The van der Waals surface area contributed by atoms with Crippen molar-refractivity contribution >= 4 is 44.4 Å². The molecule has 0 amide bonds. The molecule has 0 bridgehead atoms. The second kappa shape index (κ2) is 11.5. The number of fused-ring (bicyclic) bond motifs is 4. The van der Waals surface area contributed by atoms with Crippen molar-refractivity contribution in [3.63, 3.8) is 0 Å². The molecule has 8 nitrogen and oxygen atoms in total. The monoisotopic (exact) mass is 624 g/mol. The van der Waals surface area contributed by atoms with Gasteiger partial charge < -0.3 is 17.7 Å². The van der Waals surface area contributed by atoms with Crippen LogP contribution in [0.25, 0.3) is 90.2 Å². The summed E-state index contributed by atoms with van der Waals surface area (Å²) in [6.45, 7) is 0. The highest BCUT2D eigenvalue weighted by Gasteiger charge is 2.12. The van der Waals surface area contributed by atoms with E-state index >= 15 is 0 Å². The minimum Gasteiger partial charge on any atom is -0.436 e. The highest BCUT2D eigenvalue weighted by Crippen LogP contribution is 2.30. The van der Waals surface area contributed by atoms with E-state index in [-0.39, 0.29) is 0 Å². The Kier molecular flexibility index (Phi) is 6.61. The highest BCUT2D eigenvalue weighted by molar-refractivity contribution is 5.80. The van der Waals surface area contributed by atoms with E-state index in [1.54, 1.807) is 0 Å². The fourth-order valence-corrected chi connectivity index (χ4v) is 5.49. The summed E-state index contributed by atoms with van der Waals surface area (Å²) in [6.07, 6.45) is 0. The standard InChI is InChI=1S/2C20H12N2O2/c2*1-3-7-17-15(5-1)21-19(23-17)13-9-11-14(12-10-13)20-22-16-6-2-4-8-18(16)24-20/h2*1-12H. The molecule has 6 aromatic carbocycles. The lowest BCUT2D eigenvalue weighted by atomic mass is 10.1. The van der Waals surface area contributed by atoms with Crippen LogP contribution in [0.5, 0.6) is 0 Å². The number of para-hydroxylation sites is 8. The van der Waals surface area contributed by atoms with E-state index in [9.17, 15) is 0 Å². The van der Waals surface area contributed by atoms with Crippen LogP contribution in [-0.2, 0) is 0 Å². The van der Waals surface area contributed by atoms with Crippen molar-refractivity contribution in [2.24, 2.45) is 0 Å². The topological polar surface area (TPSA) is 104 Å². The lowest BCUT2D eigenvalue weighted by molar-refractivity contribution is 0.617. The fourth-order valence-electron chi connectivity index (χ4n) is 5.49. The van der Waals surface area contributed by atoms with Crippen LogP contribution in [-0.4, -0.2) is 19.9 Å². The zero-order valence-electron chi connectivity index (χ0n) is 25.3.